The van der Waals surface area contributed by atoms with E-state index in [1.54, 1.807) is 19.1 Å². The fraction of sp³-hybridized carbons (Fsp3) is 0.333. The first kappa shape index (κ1) is 18.6. The minimum atomic E-state index is -0.194. The number of pyridine rings is 1. The van der Waals surface area contributed by atoms with Gasteiger partial charge in [0.15, 0.2) is 5.78 Å². The van der Waals surface area contributed by atoms with Gasteiger partial charge >= 0.3 is 0 Å². The lowest BCUT2D eigenvalue weighted by molar-refractivity contribution is -0.113. The molecule has 5 heteroatoms. The van der Waals surface area contributed by atoms with Crippen LogP contribution in [0.1, 0.15) is 39.0 Å². The normalized spacial score (nSPS) is 11.5. The number of nitrogens with two attached hydrogens (primary N) is 1. The first-order valence-electron chi connectivity index (χ1n) is 7.53. The zero-order chi connectivity index (χ0) is 17.6. The van der Waals surface area contributed by atoms with E-state index >= 15 is 0 Å². The molecule has 0 saturated carbocycles. The number of carbonyl (C=O) groups excluding carboxylic acids is 1. The van der Waals surface area contributed by atoms with Crippen molar-refractivity contribution >= 4 is 17.4 Å². The summed E-state index contributed by atoms with van der Waals surface area (Å²) in [7, 11) is 0. The summed E-state index contributed by atoms with van der Waals surface area (Å²) in [4.78, 5) is 26.2. The van der Waals surface area contributed by atoms with Crippen molar-refractivity contribution in [2.45, 2.75) is 27.7 Å². The Morgan fingerprint density at radius 2 is 1.96 bits per heavy atom. The lowest BCUT2D eigenvalue weighted by Gasteiger charge is -2.20. The van der Waals surface area contributed by atoms with E-state index in [1.165, 1.54) is 13.0 Å². The number of carbonyl (C=O) groups is 1. The molecule has 0 fully saturated rings. The van der Waals surface area contributed by atoms with Crippen molar-refractivity contribution in [3.8, 4) is 0 Å². The molecule has 1 aromatic rings. The lowest BCUT2D eigenvalue weighted by Crippen LogP contribution is -2.25. The molecule has 0 aromatic carbocycles. The summed E-state index contributed by atoms with van der Waals surface area (Å²) in [5.41, 5.74) is 10.1. The van der Waals surface area contributed by atoms with Gasteiger partial charge in [-0.05, 0) is 39.8 Å². The lowest BCUT2D eigenvalue weighted by atomic mass is 9.93. The summed E-state index contributed by atoms with van der Waals surface area (Å²) < 4.78 is 0. The van der Waals surface area contributed by atoms with E-state index in [-0.39, 0.29) is 11.3 Å². The number of hydrogen-bond donors (Lipinski definition) is 3. The van der Waals surface area contributed by atoms with E-state index in [0.717, 1.165) is 22.4 Å². The molecular weight excluding hydrogens is 290 g/mol. The van der Waals surface area contributed by atoms with E-state index in [1.807, 2.05) is 13.8 Å². The zero-order valence-electron chi connectivity index (χ0n) is 14.2. The first-order valence-corrected chi connectivity index (χ1v) is 7.53. The van der Waals surface area contributed by atoms with E-state index in [2.05, 4.69) is 16.9 Å². The maximum atomic E-state index is 11.9. The second-order valence-electron chi connectivity index (χ2n) is 5.50. The summed E-state index contributed by atoms with van der Waals surface area (Å²) in [6.45, 7) is 12.0. The van der Waals surface area contributed by atoms with Crippen molar-refractivity contribution in [1.82, 2.24) is 10.3 Å². The van der Waals surface area contributed by atoms with Crippen LogP contribution in [0.2, 0.25) is 0 Å². The molecule has 23 heavy (non-hydrogen) atoms. The van der Waals surface area contributed by atoms with Gasteiger partial charge in [-0.3, -0.25) is 9.59 Å². The number of nitrogens with one attached hydrogen (secondary N) is 2. The van der Waals surface area contributed by atoms with Crippen molar-refractivity contribution in [2.24, 2.45) is 5.73 Å². The fourth-order valence-corrected chi connectivity index (χ4v) is 2.31. The minimum absolute atomic E-state index is 0.0205. The molecular formula is C18H25N3O2. The third kappa shape index (κ3) is 4.53. The number of ketones is 1. The third-order valence-corrected chi connectivity index (χ3v) is 3.52. The van der Waals surface area contributed by atoms with Gasteiger partial charge in [-0.2, -0.15) is 0 Å². The predicted molar refractivity (Wildman–Crippen MR) is 95.9 cm³/mol. The van der Waals surface area contributed by atoms with Crippen LogP contribution in [0, 0.1) is 0 Å². The topological polar surface area (TPSA) is 88.0 Å². The molecule has 0 saturated heterocycles. The Balaban J connectivity index is 3.66. The molecule has 0 amide bonds. The molecule has 0 bridgehead atoms. The van der Waals surface area contributed by atoms with Crippen LogP contribution in [0.15, 0.2) is 40.3 Å². The van der Waals surface area contributed by atoms with E-state index in [9.17, 15) is 9.59 Å². The number of H-pyrrole nitrogens is 1. The van der Waals surface area contributed by atoms with Gasteiger partial charge in [0.05, 0.1) is 0 Å². The molecule has 1 heterocycles. The quantitative estimate of drug-likeness (QED) is 0.532. The van der Waals surface area contributed by atoms with Crippen LogP contribution in [-0.2, 0) is 4.79 Å². The van der Waals surface area contributed by atoms with Gasteiger partial charge in [-0.1, -0.05) is 12.2 Å². The van der Waals surface area contributed by atoms with E-state index in [4.69, 9.17) is 5.73 Å². The summed E-state index contributed by atoms with van der Waals surface area (Å²) in [6, 6.07) is 3.21. The van der Waals surface area contributed by atoms with Crippen molar-refractivity contribution < 1.29 is 4.79 Å². The Morgan fingerprint density at radius 1 is 1.30 bits per heavy atom. The van der Waals surface area contributed by atoms with Gasteiger partial charge in [0.2, 0.25) is 5.56 Å². The molecule has 1 aromatic heterocycles. The highest BCUT2D eigenvalue weighted by atomic mass is 16.1. The van der Waals surface area contributed by atoms with Crippen LogP contribution in [0.4, 0.5) is 0 Å². The number of aromatic nitrogens is 1. The minimum Gasteiger partial charge on any atom is -0.383 e. The summed E-state index contributed by atoms with van der Waals surface area (Å²) >= 11 is 0. The number of hydrogen-bond acceptors (Lipinski definition) is 4. The molecule has 0 spiro atoms. The summed E-state index contributed by atoms with van der Waals surface area (Å²) in [5, 5.41) is 3.25. The SMILES string of the molecule is C=Cc1[nH]c(=O)ccc1C(=C(C)C)/C(NCCN)=C(\C)C(C)=O. The fourth-order valence-electron chi connectivity index (χ4n) is 2.31. The average molecular weight is 315 g/mol. The molecule has 0 radical (unpaired) electrons. The van der Waals surface area contributed by atoms with Crippen LogP contribution in [0.25, 0.3) is 11.6 Å². The Morgan fingerprint density at radius 3 is 2.43 bits per heavy atom. The van der Waals surface area contributed by atoms with Crippen LogP contribution in [0.3, 0.4) is 0 Å². The highest BCUT2D eigenvalue weighted by Crippen LogP contribution is 2.29. The van der Waals surface area contributed by atoms with Gasteiger partial charge < -0.3 is 16.0 Å². The molecule has 0 atom stereocenters. The van der Waals surface area contributed by atoms with E-state index in [0.29, 0.717) is 24.4 Å². The van der Waals surface area contributed by atoms with Crippen LogP contribution in [-0.4, -0.2) is 23.9 Å². The molecule has 0 aliphatic heterocycles. The molecule has 0 aliphatic carbocycles. The summed E-state index contributed by atoms with van der Waals surface area (Å²) in [5.74, 6) is -0.0205. The second-order valence-corrected chi connectivity index (χ2v) is 5.50. The van der Waals surface area contributed by atoms with Gasteiger partial charge in [0.25, 0.3) is 0 Å². The molecule has 4 N–H and O–H groups in total. The maximum absolute atomic E-state index is 11.9. The maximum Gasteiger partial charge on any atom is 0.248 e. The first-order chi connectivity index (χ1) is 10.8. The van der Waals surface area contributed by atoms with Crippen LogP contribution >= 0.6 is 0 Å². The highest BCUT2D eigenvalue weighted by molar-refractivity contribution is 5.98. The smallest absolute Gasteiger partial charge is 0.248 e. The van der Waals surface area contributed by atoms with Gasteiger partial charge in [-0.25, -0.2) is 0 Å². The monoisotopic (exact) mass is 315 g/mol. The Hall–Kier alpha value is -2.40. The van der Waals surface area contributed by atoms with Crippen LogP contribution < -0.4 is 16.6 Å². The molecule has 124 valence electrons. The molecule has 0 aliphatic rings. The Kier molecular flexibility index (Phi) is 6.72. The molecule has 5 nitrogen and oxygen atoms in total. The summed E-state index contributed by atoms with van der Waals surface area (Å²) in [6.07, 6.45) is 1.60. The number of aromatic amines is 1. The Labute approximate surface area is 137 Å². The van der Waals surface area contributed by atoms with Gasteiger partial charge in [-0.15, -0.1) is 0 Å². The molecule has 1 rings (SSSR count). The zero-order valence-corrected chi connectivity index (χ0v) is 14.2. The second kappa shape index (κ2) is 8.29. The Bertz CT molecular complexity index is 720. The number of Topliss-reactive ketones (excluding diaryl/α,β-unsaturated/α-hetero) is 1. The van der Waals surface area contributed by atoms with Crippen molar-refractivity contribution in [2.75, 3.05) is 13.1 Å². The average Bonchev–Trinajstić information content (AvgIpc) is 2.50. The van der Waals surface area contributed by atoms with Crippen LogP contribution in [0.5, 0.6) is 0 Å². The third-order valence-electron chi connectivity index (χ3n) is 3.52. The van der Waals surface area contributed by atoms with Gasteiger partial charge in [0, 0.05) is 47.3 Å². The van der Waals surface area contributed by atoms with Crippen molar-refractivity contribution in [3.05, 3.63) is 57.2 Å². The van der Waals surface area contributed by atoms with Gasteiger partial charge in [0.1, 0.15) is 0 Å². The number of rotatable bonds is 7. The van der Waals surface area contributed by atoms with E-state index < -0.39 is 0 Å². The predicted octanol–water partition coefficient (Wildman–Crippen LogP) is 2.22. The standard InChI is InChI=1S/C18H25N3O2/c1-6-15-14(7-8-16(23)21-15)17(11(2)3)18(20-10-9-19)12(4)13(5)22/h6-8,20H,1,9-10,19H2,2-5H3,(H,21,23)/b18-12-. The van der Waals surface area contributed by atoms with Crippen molar-refractivity contribution in [3.63, 3.8) is 0 Å². The largest absolute Gasteiger partial charge is 0.383 e. The number of allylic oxidation sites excluding steroid dienone is 3. The van der Waals surface area contributed by atoms with Crippen molar-refractivity contribution in [1.29, 1.82) is 0 Å². The highest BCUT2D eigenvalue weighted by Gasteiger charge is 2.17. The molecule has 0 unspecified atom stereocenters.